The van der Waals surface area contributed by atoms with Gasteiger partial charge in [-0.2, -0.15) is 0 Å². The highest BCUT2D eigenvalue weighted by Gasteiger charge is 2.31. The van der Waals surface area contributed by atoms with E-state index in [1.54, 1.807) is 18.4 Å². The Bertz CT molecular complexity index is 1150. The lowest BCUT2D eigenvalue weighted by Crippen LogP contribution is -2.48. The SMILES string of the molecule is COc1ccc([C@H](c2nnnn2Cc2cccs2)N2CCN(c3ccc(F)cc3)CC2)cc1. The molecular formula is C24H25FN6OS. The molecule has 0 amide bonds. The molecule has 170 valence electrons. The van der Waals surface area contributed by atoms with Crippen molar-refractivity contribution < 1.29 is 9.13 Å². The fourth-order valence-electron chi connectivity index (χ4n) is 4.27. The predicted molar refractivity (Wildman–Crippen MR) is 126 cm³/mol. The monoisotopic (exact) mass is 464 g/mol. The zero-order chi connectivity index (χ0) is 22.6. The summed E-state index contributed by atoms with van der Waals surface area (Å²) in [7, 11) is 1.67. The van der Waals surface area contributed by atoms with Crippen molar-refractivity contribution in [1.82, 2.24) is 25.1 Å². The van der Waals surface area contributed by atoms with E-state index in [1.807, 2.05) is 35.0 Å². The number of benzene rings is 2. The molecular weight excluding hydrogens is 439 g/mol. The first-order chi connectivity index (χ1) is 16.2. The second kappa shape index (κ2) is 9.68. The number of rotatable bonds is 7. The number of halogens is 1. The summed E-state index contributed by atoms with van der Waals surface area (Å²) in [5.41, 5.74) is 2.16. The van der Waals surface area contributed by atoms with Crippen LogP contribution in [0.5, 0.6) is 5.75 Å². The number of piperazine rings is 1. The zero-order valence-corrected chi connectivity index (χ0v) is 19.2. The average molecular weight is 465 g/mol. The van der Waals surface area contributed by atoms with Crippen molar-refractivity contribution in [3.63, 3.8) is 0 Å². The van der Waals surface area contributed by atoms with Crippen molar-refractivity contribution in [2.24, 2.45) is 0 Å². The number of anilines is 1. The number of hydrogen-bond donors (Lipinski definition) is 0. The van der Waals surface area contributed by atoms with Crippen LogP contribution < -0.4 is 9.64 Å². The van der Waals surface area contributed by atoms with Crippen molar-refractivity contribution in [2.45, 2.75) is 12.6 Å². The molecule has 0 N–H and O–H groups in total. The second-order valence-corrected chi connectivity index (χ2v) is 8.98. The average Bonchev–Trinajstić information content (AvgIpc) is 3.54. The molecule has 0 bridgehead atoms. The van der Waals surface area contributed by atoms with Gasteiger partial charge in [0, 0.05) is 36.7 Å². The van der Waals surface area contributed by atoms with Gasteiger partial charge in [-0.25, -0.2) is 9.07 Å². The number of ether oxygens (including phenoxy) is 1. The van der Waals surface area contributed by atoms with Crippen LogP contribution in [-0.2, 0) is 6.54 Å². The van der Waals surface area contributed by atoms with Crippen molar-refractivity contribution in [3.8, 4) is 5.75 Å². The smallest absolute Gasteiger partial charge is 0.173 e. The van der Waals surface area contributed by atoms with E-state index in [9.17, 15) is 4.39 Å². The lowest BCUT2D eigenvalue weighted by molar-refractivity contribution is 0.201. The molecule has 0 aliphatic carbocycles. The Kier molecular flexibility index (Phi) is 6.32. The van der Waals surface area contributed by atoms with Gasteiger partial charge in [-0.3, -0.25) is 4.90 Å². The van der Waals surface area contributed by atoms with Gasteiger partial charge in [-0.1, -0.05) is 18.2 Å². The van der Waals surface area contributed by atoms with Crippen LogP contribution in [0.1, 0.15) is 22.3 Å². The molecule has 2 aromatic carbocycles. The van der Waals surface area contributed by atoms with Crippen molar-refractivity contribution in [1.29, 1.82) is 0 Å². The van der Waals surface area contributed by atoms with E-state index in [1.165, 1.54) is 17.0 Å². The van der Waals surface area contributed by atoms with Gasteiger partial charge in [0.15, 0.2) is 5.82 Å². The molecule has 4 aromatic rings. The minimum absolute atomic E-state index is 0.0822. The number of nitrogens with zero attached hydrogens (tertiary/aromatic N) is 6. The Balaban J connectivity index is 1.41. The molecule has 0 saturated carbocycles. The number of tetrazole rings is 1. The van der Waals surface area contributed by atoms with Crippen LogP contribution in [-0.4, -0.2) is 58.4 Å². The normalized spacial score (nSPS) is 15.5. The third kappa shape index (κ3) is 4.74. The van der Waals surface area contributed by atoms with Crippen LogP contribution in [0.15, 0.2) is 66.0 Å². The maximum absolute atomic E-state index is 13.3. The standard InChI is InChI=1S/C24H25FN6OS/c1-32-21-10-4-18(5-11-21)23(24-26-27-28-31(24)17-22-3-2-16-33-22)30-14-12-29(13-15-30)20-8-6-19(25)7-9-20/h2-11,16,23H,12-15,17H2,1H3/t23-/m1/s1. The molecule has 7 nitrogen and oxygen atoms in total. The second-order valence-electron chi connectivity index (χ2n) is 7.95. The summed E-state index contributed by atoms with van der Waals surface area (Å²) in [4.78, 5) is 5.91. The molecule has 3 heterocycles. The van der Waals surface area contributed by atoms with Gasteiger partial charge in [0.05, 0.1) is 19.7 Å². The molecule has 9 heteroatoms. The van der Waals surface area contributed by atoms with Crippen LogP contribution in [0.4, 0.5) is 10.1 Å². The van der Waals surface area contributed by atoms with E-state index in [0.717, 1.165) is 49.0 Å². The van der Waals surface area contributed by atoms with Crippen molar-refractivity contribution in [2.75, 3.05) is 38.2 Å². The van der Waals surface area contributed by atoms with Crippen molar-refractivity contribution in [3.05, 3.63) is 88.1 Å². The van der Waals surface area contributed by atoms with E-state index in [2.05, 4.69) is 48.9 Å². The van der Waals surface area contributed by atoms with Gasteiger partial charge in [-0.05, 0) is 63.8 Å². The van der Waals surface area contributed by atoms with E-state index in [-0.39, 0.29) is 11.9 Å². The number of thiophene rings is 1. The summed E-state index contributed by atoms with van der Waals surface area (Å²) in [6.45, 7) is 3.98. The molecule has 1 aliphatic heterocycles. The fourth-order valence-corrected chi connectivity index (χ4v) is 4.96. The van der Waals surface area contributed by atoms with Crippen LogP contribution in [0, 0.1) is 5.82 Å². The Labute approximate surface area is 196 Å². The third-order valence-corrected chi connectivity index (χ3v) is 6.85. The molecule has 1 fully saturated rings. The molecule has 5 rings (SSSR count). The first kappa shape index (κ1) is 21.5. The highest BCUT2D eigenvalue weighted by Crippen LogP contribution is 2.31. The minimum Gasteiger partial charge on any atom is -0.497 e. The highest BCUT2D eigenvalue weighted by molar-refractivity contribution is 7.09. The van der Waals surface area contributed by atoms with Gasteiger partial charge in [0.1, 0.15) is 11.6 Å². The number of hydrogen-bond acceptors (Lipinski definition) is 7. The number of methoxy groups -OCH3 is 1. The maximum atomic E-state index is 13.3. The van der Waals surface area contributed by atoms with Crippen LogP contribution in [0.25, 0.3) is 0 Å². The molecule has 1 saturated heterocycles. The Morgan fingerprint density at radius 3 is 2.42 bits per heavy atom. The fraction of sp³-hybridized carbons (Fsp3) is 0.292. The van der Waals surface area contributed by atoms with Gasteiger partial charge in [0.2, 0.25) is 0 Å². The summed E-state index contributed by atoms with van der Waals surface area (Å²) in [5, 5.41) is 14.8. The largest absolute Gasteiger partial charge is 0.497 e. The third-order valence-electron chi connectivity index (χ3n) is 5.99. The topological polar surface area (TPSA) is 59.3 Å². The first-order valence-electron chi connectivity index (χ1n) is 10.9. The van der Waals surface area contributed by atoms with Crippen LogP contribution >= 0.6 is 11.3 Å². The molecule has 1 atom stereocenters. The quantitative estimate of drug-likeness (QED) is 0.414. The molecule has 0 spiro atoms. The van der Waals surface area contributed by atoms with Gasteiger partial charge < -0.3 is 9.64 Å². The summed E-state index contributed by atoms with van der Waals surface area (Å²) in [6.07, 6.45) is 0. The van der Waals surface area contributed by atoms with E-state index in [4.69, 9.17) is 4.74 Å². The zero-order valence-electron chi connectivity index (χ0n) is 18.3. The van der Waals surface area contributed by atoms with Gasteiger partial charge in [0.25, 0.3) is 0 Å². The molecule has 2 aromatic heterocycles. The minimum atomic E-state index is -0.213. The van der Waals surface area contributed by atoms with Crippen LogP contribution in [0.2, 0.25) is 0 Å². The highest BCUT2D eigenvalue weighted by atomic mass is 32.1. The Morgan fingerprint density at radius 2 is 1.76 bits per heavy atom. The lowest BCUT2D eigenvalue weighted by atomic mass is 10.0. The summed E-state index contributed by atoms with van der Waals surface area (Å²) < 4.78 is 20.6. The van der Waals surface area contributed by atoms with Gasteiger partial charge in [-0.15, -0.1) is 16.4 Å². The summed E-state index contributed by atoms with van der Waals surface area (Å²) in [6, 6.07) is 18.9. The predicted octanol–water partition coefficient (Wildman–Crippen LogP) is 3.84. The Hall–Kier alpha value is -3.30. The maximum Gasteiger partial charge on any atom is 0.173 e. The van der Waals surface area contributed by atoms with Crippen LogP contribution in [0.3, 0.4) is 0 Å². The molecule has 0 radical (unpaired) electrons. The van der Waals surface area contributed by atoms with E-state index in [0.29, 0.717) is 6.54 Å². The summed E-state index contributed by atoms with van der Waals surface area (Å²) >= 11 is 1.70. The first-order valence-corrected chi connectivity index (χ1v) is 11.8. The molecule has 0 unspecified atom stereocenters. The molecule has 33 heavy (non-hydrogen) atoms. The van der Waals surface area contributed by atoms with E-state index >= 15 is 0 Å². The molecule has 1 aliphatic rings. The number of aromatic nitrogens is 4. The van der Waals surface area contributed by atoms with Gasteiger partial charge >= 0.3 is 0 Å². The Morgan fingerprint density at radius 1 is 1.00 bits per heavy atom. The summed E-state index contributed by atoms with van der Waals surface area (Å²) in [5.74, 6) is 1.43. The van der Waals surface area contributed by atoms with E-state index < -0.39 is 0 Å². The lowest BCUT2D eigenvalue weighted by Gasteiger charge is -2.40. The van der Waals surface area contributed by atoms with Crippen molar-refractivity contribution >= 4 is 17.0 Å².